The summed E-state index contributed by atoms with van der Waals surface area (Å²) in [5.74, 6) is 1.30. The lowest BCUT2D eigenvalue weighted by molar-refractivity contribution is 0.603. The summed E-state index contributed by atoms with van der Waals surface area (Å²) in [6.07, 6.45) is 0.817. The van der Waals surface area contributed by atoms with Gasteiger partial charge in [0.25, 0.3) is 10.0 Å². The third-order valence-electron chi connectivity index (χ3n) is 3.94. The first kappa shape index (κ1) is 20.1. The van der Waals surface area contributed by atoms with E-state index in [1.165, 1.54) is 11.3 Å². The van der Waals surface area contributed by atoms with Gasteiger partial charge in [0, 0.05) is 42.1 Å². The first-order chi connectivity index (χ1) is 13.3. The number of sulfonamides is 1. The summed E-state index contributed by atoms with van der Waals surface area (Å²) in [5.41, 5.74) is 2.12. The predicted octanol–water partition coefficient (Wildman–Crippen LogP) is 4.02. The number of benzene rings is 1. The molecule has 0 amide bonds. The molecule has 7 nitrogen and oxygen atoms in total. The van der Waals surface area contributed by atoms with Crippen LogP contribution in [0.25, 0.3) is 0 Å². The molecule has 2 aromatic heterocycles. The third kappa shape index (κ3) is 4.79. The highest BCUT2D eigenvalue weighted by molar-refractivity contribution is 7.94. The van der Waals surface area contributed by atoms with E-state index in [-0.39, 0.29) is 0 Å². The maximum atomic E-state index is 12.5. The Bertz CT molecular complexity index is 1060. The smallest absolute Gasteiger partial charge is 0.271 e. The van der Waals surface area contributed by atoms with Gasteiger partial charge in [-0.25, -0.2) is 13.4 Å². The second-order valence-corrected chi connectivity index (χ2v) is 9.55. The Hall–Kier alpha value is -2.65. The van der Waals surface area contributed by atoms with Crippen LogP contribution in [-0.2, 0) is 16.4 Å². The Labute approximate surface area is 169 Å². The zero-order valence-corrected chi connectivity index (χ0v) is 17.9. The first-order valence-corrected chi connectivity index (χ1v) is 11.1. The van der Waals surface area contributed by atoms with Gasteiger partial charge in [-0.1, -0.05) is 6.92 Å². The van der Waals surface area contributed by atoms with E-state index in [9.17, 15) is 8.42 Å². The fourth-order valence-corrected chi connectivity index (χ4v) is 4.84. The normalized spacial score (nSPS) is 11.3. The monoisotopic (exact) mass is 417 g/mol. The highest BCUT2D eigenvalue weighted by atomic mass is 32.2. The van der Waals surface area contributed by atoms with Crippen LogP contribution < -0.4 is 14.9 Å². The van der Waals surface area contributed by atoms with Crippen LogP contribution in [0.3, 0.4) is 0 Å². The lowest BCUT2D eigenvalue weighted by Gasteiger charge is -2.14. The summed E-state index contributed by atoms with van der Waals surface area (Å²) in [6.45, 7) is 3.91. The van der Waals surface area contributed by atoms with Gasteiger partial charge < -0.3 is 10.2 Å². The summed E-state index contributed by atoms with van der Waals surface area (Å²) in [5, 5.41) is 3.15. The first-order valence-electron chi connectivity index (χ1n) is 8.78. The van der Waals surface area contributed by atoms with Crippen LogP contribution in [-0.4, -0.2) is 32.5 Å². The lowest BCUT2D eigenvalue weighted by Crippen LogP contribution is -2.13. The molecule has 0 aliphatic heterocycles. The van der Waals surface area contributed by atoms with E-state index in [0.717, 1.165) is 28.5 Å². The molecule has 3 rings (SSSR count). The van der Waals surface area contributed by atoms with Crippen LogP contribution in [0.1, 0.15) is 17.5 Å². The summed E-state index contributed by atoms with van der Waals surface area (Å²) in [4.78, 5) is 11.8. The number of nitrogens with zero attached hydrogens (tertiary/aromatic N) is 3. The molecule has 0 saturated carbocycles. The predicted molar refractivity (Wildman–Crippen MR) is 115 cm³/mol. The van der Waals surface area contributed by atoms with E-state index in [4.69, 9.17) is 0 Å². The second-order valence-electron chi connectivity index (χ2n) is 6.47. The number of hydrogen-bond donors (Lipinski definition) is 2. The van der Waals surface area contributed by atoms with E-state index in [0.29, 0.717) is 15.8 Å². The van der Waals surface area contributed by atoms with Crippen LogP contribution in [0.15, 0.2) is 46.7 Å². The van der Waals surface area contributed by atoms with Crippen molar-refractivity contribution in [2.45, 2.75) is 24.5 Å². The molecule has 0 spiro atoms. The van der Waals surface area contributed by atoms with E-state index in [2.05, 4.69) is 20.0 Å². The third-order valence-corrected chi connectivity index (χ3v) is 7.05. The van der Waals surface area contributed by atoms with Gasteiger partial charge in [0.05, 0.1) is 0 Å². The van der Waals surface area contributed by atoms with Crippen LogP contribution in [0.5, 0.6) is 0 Å². The molecule has 2 heterocycles. The Morgan fingerprint density at radius 3 is 2.32 bits per heavy atom. The summed E-state index contributed by atoms with van der Waals surface area (Å²) < 4.78 is 27.9. The molecule has 0 fully saturated rings. The minimum absolute atomic E-state index is 0.316. The number of thiophene rings is 1. The van der Waals surface area contributed by atoms with Crippen molar-refractivity contribution in [3.8, 4) is 0 Å². The Morgan fingerprint density at radius 1 is 1.04 bits per heavy atom. The Balaban J connectivity index is 1.73. The molecule has 28 heavy (non-hydrogen) atoms. The van der Waals surface area contributed by atoms with E-state index >= 15 is 0 Å². The van der Waals surface area contributed by atoms with Crippen LogP contribution in [0.2, 0.25) is 0 Å². The molecular formula is C19H23N5O2S2. The highest BCUT2D eigenvalue weighted by Crippen LogP contribution is 2.25. The molecule has 1 aromatic carbocycles. The molecule has 148 valence electrons. The number of anilines is 4. The maximum absolute atomic E-state index is 12.5. The standard InChI is InChI=1S/C19H23N5O2S2/c1-5-16-10-11-18(27-16)28(25,26)23-15-8-6-14(7-9-15)21-19-20-13(2)12-17(22-19)24(3)4/h6-12,23H,5H2,1-4H3,(H,20,21,22). The molecule has 0 aliphatic carbocycles. The number of hydrogen-bond acceptors (Lipinski definition) is 7. The minimum atomic E-state index is -3.58. The zero-order chi connectivity index (χ0) is 20.3. The number of nitrogens with one attached hydrogen (secondary N) is 2. The van der Waals surface area contributed by atoms with Crippen molar-refractivity contribution in [2.24, 2.45) is 0 Å². The summed E-state index contributed by atoms with van der Waals surface area (Å²) in [6, 6.07) is 12.4. The molecular weight excluding hydrogens is 394 g/mol. The van der Waals surface area contributed by atoms with Crippen molar-refractivity contribution in [2.75, 3.05) is 29.0 Å². The molecule has 0 atom stereocenters. The van der Waals surface area contributed by atoms with Gasteiger partial charge in [-0.3, -0.25) is 4.72 Å². The second kappa shape index (κ2) is 8.15. The summed E-state index contributed by atoms with van der Waals surface area (Å²) >= 11 is 1.29. The van der Waals surface area contributed by atoms with Gasteiger partial charge >= 0.3 is 0 Å². The van der Waals surface area contributed by atoms with E-state index in [1.807, 2.05) is 45.0 Å². The number of aromatic nitrogens is 2. The van der Waals surface area contributed by atoms with Gasteiger partial charge in [-0.05, 0) is 49.7 Å². The topological polar surface area (TPSA) is 87.2 Å². The van der Waals surface area contributed by atoms with Crippen molar-refractivity contribution in [1.82, 2.24) is 9.97 Å². The van der Waals surface area contributed by atoms with Gasteiger partial charge in [0.2, 0.25) is 5.95 Å². The highest BCUT2D eigenvalue weighted by Gasteiger charge is 2.16. The molecule has 9 heteroatoms. The molecule has 0 unspecified atom stereocenters. The van der Waals surface area contributed by atoms with Gasteiger partial charge in [-0.2, -0.15) is 4.98 Å². The average molecular weight is 418 g/mol. The van der Waals surface area contributed by atoms with Crippen molar-refractivity contribution in [3.63, 3.8) is 0 Å². The summed E-state index contributed by atoms with van der Waals surface area (Å²) in [7, 11) is 0.263. The zero-order valence-electron chi connectivity index (χ0n) is 16.2. The average Bonchev–Trinajstić information content (AvgIpc) is 3.13. The van der Waals surface area contributed by atoms with Gasteiger partial charge in [-0.15, -0.1) is 11.3 Å². The van der Waals surface area contributed by atoms with Crippen molar-refractivity contribution in [3.05, 3.63) is 53.0 Å². The van der Waals surface area contributed by atoms with Crippen molar-refractivity contribution >= 4 is 44.5 Å². The maximum Gasteiger partial charge on any atom is 0.271 e. The SMILES string of the molecule is CCc1ccc(S(=O)(=O)Nc2ccc(Nc3nc(C)cc(N(C)C)n3)cc2)s1. The largest absolute Gasteiger partial charge is 0.363 e. The van der Waals surface area contributed by atoms with Gasteiger partial charge in [0.1, 0.15) is 10.0 Å². The van der Waals surface area contributed by atoms with Crippen LogP contribution in [0, 0.1) is 6.92 Å². The van der Waals surface area contributed by atoms with E-state index in [1.54, 1.807) is 30.3 Å². The fraction of sp³-hybridized carbons (Fsp3) is 0.263. The van der Waals surface area contributed by atoms with Crippen LogP contribution >= 0.6 is 11.3 Å². The van der Waals surface area contributed by atoms with E-state index < -0.39 is 10.0 Å². The number of aryl methyl sites for hydroxylation is 2. The van der Waals surface area contributed by atoms with Crippen LogP contribution in [0.4, 0.5) is 23.1 Å². The molecule has 0 radical (unpaired) electrons. The van der Waals surface area contributed by atoms with Crippen molar-refractivity contribution in [1.29, 1.82) is 0 Å². The fourth-order valence-electron chi connectivity index (χ4n) is 2.49. The minimum Gasteiger partial charge on any atom is -0.363 e. The number of rotatable bonds is 7. The van der Waals surface area contributed by atoms with Gasteiger partial charge in [0.15, 0.2) is 0 Å². The molecule has 0 bridgehead atoms. The molecule has 3 aromatic rings. The Morgan fingerprint density at radius 2 is 1.71 bits per heavy atom. The Kier molecular flexibility index (Phi) is 5.85. The van der Waals surface area contributed by atoms with Crippen molar-refractivity contribution < 1.29 is 8.42 Å². The molecule has 2 N–H and O–H groups in total. The molecule has 0 saturated heterocycles. The molecule has 0 aliphatic rings. The lowest BCUT2D eigenvalue weighted by atomic mass is 10.3. The quantitative estimate of drug-likeness (QED) is 0.604.